The average Bonchev–Trinajstić information content (AvgIpc) is 3.29. The van der Waals surface area contributed by atoms with Crippen LogP contribution in [-0.4, -0.2) is 73.4 Å². The van der Waals surface area contributed by atoms with Crippen LogP contribution in [0.1, 0.15) is 19.3 Å². The highest BCUT2D eigenvalue weighted by atomic mass is 32.2. The third-order valence-corrected chi connectivity index (χ3v) is 6.33. The molecule has 13 heteroatoms. The van der Waals surface area contributed by atoms with E-state index in [1.165, 1.54) is 0 Å². The second kappa shape index (κ2) is 7.45. The standard InChI is InChI=1S/C19H21N5O7S/c1-32(27,28)31-15-8-16(25)24(18(15)26)10-2-4-23(5-3-10)19-21-12-7-14-13(29-9-30-14)6-11(12)17(20)22-19/h6-7,10,15H,2-5,8-9H2,1H3,(H2,20,21,22). The second-order valence-corrected chi connectivity index (χ2v) is 9.55. The van der Waals surface area contributed by atoms with Gasteiger partial charge in [0.2, 0.25) is 18.6 Å². The molecule has 170 valence electrons. The number of nitrogens with zero attached hydrogens (tertiary/aromatic N) is 4. The van der Waals surface area contributed by atoms with Crippen molar-refractivity contribution in [1.82, 2.24) is 14.9 Å². The lowest BCUT2D eigenvalue weighted by Crippen LogP contribution is -2.48. The summed E-state index contributed by atoms with van der Waals surface area (Å²) in [6, 6.07) is 3.17. The van der Waals surface area contributed by atoms with Crippen LogP contribution in [0.15, 0.2) is 12.1 Å². The number of hydrogen-bond donors (Lipinski definition) is 1. The summed E-state index contributed by atoms with van der Waals surface area (Å²) in [6.45, 7) is 1.13. The van der Waals surface area contributed by atoms with E-state index < -0.39 is 28.0 Å². The van der Waals surface area contributed by atoms with Crippen molar-refractivity contribution < 1.29 is 31.7 Å². The molecule has 1 aromatic carbocycles. The highest BCUT2D eigenvalue weighted by Gasteiger charge is 2.45. The van der Waals surface area contributed by atoms with Crippen LogP contribution in [0, 0.1) is 0 Å². The molecule has 3 aliphatic heterocycles. The zero-order valence-corrected chi connectivity index (χ0v) is 18.0. The SMILES string of the molecule is CS(=O)(=O)OC1CC(=O)N(C2CCN(c3nc(N)c4cc5c(cc4n3)OCO5)CC2)C1=O. The Morgan fingerprint density at radius 3 is 2.50 bits per heavy atom. The van der Waals surface area contributed by atoms with Crippen LogP contribution in [0.3, 0.4) is 0 Å². The van der Waals surface area contributed by atoms with Gasteiger partial charge in [-0.15, -0.1) is 0 Å². The Morgan fingerprint density at radius 1 is 1.12 bits per heavy atom. The molecule has 2 fully saturated rings. The van der Waals surface area contributed by atoms with Crippen molar-refractivity contribution in [2.75, 3.05) is 36.8 Å². The Kier molecular flexibility index (Phi) is 4.82. The first-order valence-electron chi connectivity index (χ1n) is 10.1. The number of ether oxygens (including phenoxy) is 2. The minimum absolute atomic E-state index is 0.142. The number of hydrogen-bond acceptors (Lipinski definition) is 11. The molecule has 0 spiro atoms. The normalized spacial score (nSPS) is 21.7. The third kappa shape index (κ3) is 3.66. The van der Waals surface area contributed by atoms with E-state index in [-0.39, 0.29) is 19.3 Å². The first-order valence-corrected chi connectivity index (χ1v) is 11.9. The van der Waals surface area contributed by atoms with Gasteiger partial charge >= 0.3 is 0 Å². The lowest BCUT2D eigenvalue weighted by Gasteiger charge is -2.35. The first kappa shape index (κ1) is 20.7. The molecule has 0 aliphatic carbocycles. The van der Waals surface area contributed by atoms with Gasteiger partial charge in [-0.2, -0.15) is 13.4 Å². The van der Waals surface area contributed by atoms with Gasteiger partial charge in [0.05, 0.1) is 18.2 Å². The van der Waals surface area contributed by atoms with Crippen molar-refractivity contribution >= 4 is 44.6 Å². The summed E-state index contributed by atoms with van der Waals surface area (Å²) in [5.74, 6) is 0.919. The molecule has 32 heavy (non-hydrogen) atoms. The van der Waals surface area contributed by atoms with Crippen molar-refractivity contribution in [2.45, 2.75) is 31.4 Å². The number of benzene rings is 1. The molecule has 2 saturated heterocycles. The quantitative estimate of drug-likeness (QED) is 0.482. The zero-order chi connectivity index (χ0) is 22.6. The van der Waals surface area contributed by atoms with E-state index in [0.717, 1.165) is 11.2 Å². The molecular weight excluding hydrogens is 442 g/mol. The Morgan fingerprint density at radius 2 is 1.81 bits per heavy atom. The smallest absolute Gasteiger partial charge is 0.265 e. The van der Waals surface area contributed by atoms with E-state index in [4.69, 9.17) is 19.4 Å². The van der Waals surface area contributed by atoms with Gasteiger partial charge in [-0.25, -0.2) is 4.98 Å². The molecule has 0 bridgehead atoms. The fourth-order valence-electron chi connectivity index (χ4n) is 4.29. The van der Waals surface area contributed by atoms with Gasteiger partial charge < -0.3 is 20.1 Å². The molecule has 2 aromatic rings. The monoisotopic (exact) mass is 463 g/mol. The van der Waals surface area contributed by atoms with E-state index in [0.29, 0.717) is 60.1 Å². The van der Waals surface area contributed by atoms with Crippen molar-refractivity contribution in [3.63, 3.8) is 0 Å². The Hall–Kier alpha value is -3.19. The van der Waals surface area contributed by atoms with Crippen LogP contribution in [0.25, 0.3) is 10.9 Å². The molecule has 0 saturated carbocycles. The molecule has 1 unspecified atom stereocenters. The number of imide groups is 1. The summed E-state index contributed by atoms with van der Waals surface area (Å²) in [7, 11) is -3.84. The first-order chi connectivity index (χ1) is 15.2. The number of rotatable bonds is 4. The summed E-state index contributed by atoms with van der Waals surface area (Å²) in [5, 5.41) is 0.665. The molecule has 3 aliphatic rings. The largest absolute Gasteiger partial charge is 0.454 e. The summed E-state index contributed by atoms with van der Waals surface area (Å²) in [4.78, 5) is 37.0. The molecule has 4 heterocycles. The van der Waals surface area contributed by atoms with E-state index >= 15 is 0 Å². The van der Waals surface area contributed by atoms with E-state index in [1.54, 1.807) is 12.1 Å². The van der Waals surface area contributed by atoms with Crippen LogP contribution >= 0.6 is 0 Å². The lowest BCUT2D eigenvalue weighted by molar-refractivity contribution is -0.143. The number of carbonyl (C=O) groups excluding carboxylic acids is 2. The number of anilines is 2. The summed E-state index contributed by atoms with van der Waals surface area (Å²) in [5.41, 5.74) is 6.78. The molecule has 2 N–H and O–H groups in total. The molecule has 1 atom stereocenters. The number of nitrogens with two attached hydrogens (primary N) is 1. The molecule has 2 amide bonds. The summed E-state index contributed by atoms with van der Waals surface area (Å²) < 4.78 is 38.3. The maximum Gasteiger partial charge on any atom is 0.265 e. The minimum atomic E-state index is -3.84. The number of aromatic nitrogens is 2. The zero-order valence-electron chi connectivity index (χ0n) is 17.2. The fourth-order valence-corrected chi connectivity index (χ4v) is 4.86. The van der Waals surface area contributed by atoms with E-state index in [2.05, 4.69) is 9.97 Å². The highest BCUT2D eigenvalue weighted by Crippen LogP contribution is 2.37. The third-order valence-electron chi connectivity index (χ3n) is 5.75. The number of amides is 2. The van der Waals surface area contributed by atoms with E-state index in [1.807, 2.05) is 4.90 Å². The molecule has 1 aromatic heterocycles. The maximum absolute atomic E-state index is 12.6. The van der Waals surface area contributed by atoms with Crippen LogP contribution in [-0.2, 0) is 23.9 Å². The van der Waals surface area contributed by atoms with E-state index in [9.17, 15) is 18.0 Å². The van der Waals surface area contributed by atoms with Gasteiger partial charge in [0, 0.05) is 30.6 Å². The van der Waals surface area contributed by atoms with Gasteiger partial charge in [-0.05, 0) is 18.9 Å². The van der Waals surface area contributed by atoms with Gasteiger partial charge in [-0.1, -0.05) is 0 Å². The van der Waals surface area contributed by atoms with Crippen LogP contribution < -0.4 is 20.1 Å². The predicted molar refractivity (Wildman–Crippen MR) is 111 cm³/mol. The average molecular weight is 463 g/mol. The summed E-state index contributed by atoms with van der Waals surface area (Å²) in [6.07, 6.45) is 0.282. The summed E-state index contributed by atoms with van der Waals surface area (Å²) >= 11 is 0. The van der Waals surface area contributed by atoms with Crippen LogP contribution in [0.2, 0.25) is 0 Å². The van der Waals surface area contributed by atoms with Crippen LogP contribution in [0.5, 0.6) is 11.5 Å². The second-order valence-electron chi connectivity index (χ2n) is 7.94. The van der Waals surface area contributed by atoms with Crippen molar-refractivity contribution in [3.05, 3.63) is 12.1 Å². The Labute approximate surface area is 183 Å². The minimum Gasteiger partial charge on any atom is -0.454 e. The van der Waals surface area contributed by atoms with Crippen molar-refractivity contribution in [3.8, 4) is 11.5 Å². The topological polar surface area (TPSA) is 154 Å². The predicted octanol–water partition coefficient (Wildman–Crippen LogP) is 0.0132. The fraction of sp³-hybridized carbons (Fsp3) is 0.474. The maximum atomic E-state index is 12.6. The van der Waals surface area contributed by atoms with Gasteiger partial charge in [0.15, 0.2) is 17.6 Å². The molecule has 5 rings (SSSR count). The van der Waals surface area contributed by atoms with Crippen LogP contribution in [0.4, 0.5) is 11.8 Å². The molecular formula is C19H21N5O7S. The number of likely N-dealkylation sites (tertiary alicyclic amines) is 1. The lowest BCUT2D eigenvalue weighted by atomic mass is 10.0. The van der Waals surface area contributed by atoms with Crippen molar-refractivity contribution in [2.24, 2.45) is 0 Å². The highest BCUT2D eigenvalue weighted by molar-refractivity contribution is 7.86. The Bertz CT molecular complexity index is 1230. The molecule has 12 nitrogen and oxygen atoms in total. The van der Waals surface area contributed by atoms with Gasteiger partial charge in [0.1, 0.15) is 5.82 Å². The van der Waals surface area contributed by atoms with Gasteiger partial charge in [-0.3, -0.25) is 18.7 Å². The molecule has 0 radical (unpaired) electrons. The number of piperidine rings is 1. The van der Waals surface area contributed by atoms with Crippen molar-refractivity contribution in [1.29, 1.82) is 0 Å². The Balaban J connectivity index is 1.31. The number of fused-ring (bicyclic) bond motifs is 2. The number of carbonyl (C=O) groups is 2. The number of nitrogen functional groups attached to an aromatic ring is 1. The van der Waals surface area contributed by atoms with Gasteiger partial charge in [0.25, 0.3) is 16.0 Å².